The van der Waals surface area contributed by atoms with Gasteiger partial charge in [0.15, 0.2) is 0 Å². The van der Waals surface area contributed by atoms with Crippen molar-refractivity contribution >= 4 is 29.0 Å². The first-order valence-electron chi connectivity index (χ1n) is 5.82. The van der Waals surface area contributed by atoms with Crippen molar-refractivity contribution in [3.05, 3.63) is 52.7 Å². The fourth-order valence-corrected chi connectivity index (χ4v) is 1.89. The lowest BCUT2D eigenvalue weighted by Crippen LogP contribution is -2.14. The van der Waals surface area contributed by atoms with Gasteiger partial charge in [-0.1, -0.05) is 23.7 Å². The second-order valence-electron chi connectivity index (χ2n) is 4.10. The molecule has 2 rings (SSSR count). The van der Waals surface area contributed by atoms with Crippen LogP contribution in [0.25, 0.3) is 0 Å². The molecule has 2 aromatic rings. The number of aromatic nitrogens is 1. The molecule has 0 fully saturated rings. The van der Waals surface area contributed by atoms with Crippen LogP contribution in [0.5, 0.6) is 0 Å². The fourth-order valence-electron chi connectivity index (χ4n) is 1.61. The molecule has 0 aliphatic rings. The number of carbonyl (C=O) groups is 1. The third-order valence-electron chi connectivity index (χ3n) is 2.61. The number of anilines is 2. The average Bonchev–Trinajstić information content (AvgIpc) is 2.42. The minimum atomic E-state index is -0.289. The molecule has 19 heavy (non-hydrogen) atoms. The summed E-state index contributed by atoms with van der Waals surface area (Å²) in [7, 11) is 1.75. The van der Waals surface area contributed by atoms with E-state index in [0.717, 1.165) is 5.56 Å². The third kappa shape index (κ3) is 3.23. The van der Waals surface area contributed by atoms with Gasteiger partial charge in [-0.3, -0.25) is 4.79 Å². The molecule has 0 unspecified atom stereocenters. The SMILES string of the molecule is CNc1cccc(C(=O)Nc2ccc(C)cc2Cl)n1. The lowest BCUT2D eigenvalue weighted by atomic mass is 10.2. The van der Waals surface area contributed by atoms with Crippen LogP contribution >= 0.6 is 11.6 Å². The summed E-state index contributed by atoms with van der Waals surface area (Å²) < 4.78 is 0. The van der Waals surface area contributed by atoms with Gasteiger partial charge in [0.1, 0.15) is 11.5 Å². The summed E-state index contributed by atoms with van der Waals surface area (Å²) in [6.07, 6.45) is 0. The Morgan fingerprint density at radius 3 is 2.74 bits per heavy atom. The molecular formula is C14H14ClN3O. The number of benzene rings is 1. The van der Waals surface area contributed by atoms with Crippen molar-refractivity contribution in [3.63, 3.8) is 0 Å². The maximum Gasteiger partial charge on any atom is 0.274 e. The first kappa shape index (κ1) is 13.4. The number of nitrogens with one attached hydrogen (secondary N) is 2. The number of amides is 1. The van der Waals surface area contributed by atoms with Crippen LogP contribution < -0.4 is 10.6 Å². The highest BCUT2D eigenvalue weighted by Gasteiger charge is 2.10. The Balaban J connectivity index is 2.20. The van der Waals surface area contributed by atoms with Crippen LogP contribution in [0.1, 0.15) is 16.1 Å². The maximum absolute atomic E-state index is 12.1. The molecule has 0 bridgehead atoms. The predicted molar refractivity (Wildman–Crippen MR) is 77.9 cm³/mol. The highest BCUT2D eigenvalue weighted by molar-refractivity contribution is 6.34. The molecule has 5 heteroatoms. The minimum Gasteiger partial charge on any atom is -0.373 e. The quantitative estimate of drug-likeness (QED) is 0.903. The molecule has 1 aromatic carbocycles. The Labute approximate surface area is 116 Å². The summed E-state index contributed by atoms with van der Waals surface area (Å²) in [5.41, 5.74) is 1.95. The van der Waals surface area contributed by atoms with E-state index in [2.05, 4.69) is 15.6 Å². The second-order valence-corrected chi connectivity index (χ2v) is 4.50. The summed E-state index contributed by atoms with van der Waals surface area (Å²) in [4.78, 5) is 16.2. The Hall–Kier alpha value is -2.07. The first-order valence-corrected chi connectivity index (χ1v) is 6.20. The molecule has 0 atom stereocenters. The van der Waals surface area contributed by atoms with E-state index in [-0.39, 0.29) is 5.91 Å². The van der Waals surface area contributed by atoms with E-state index >= 15 is 0 Å². The van der Waals surface area contributed by atoms with Crippen LogP contribution in [0.15, 0.2) is 36.4 Å². The van der Waals surface area contributed by atoms with E-state index in [1.807, 2.05) is 13.0 Å². The van der Waals surface area contributed by atoms with Crippen LogP contribution in [0.2, 0.25) is 5.02 Å². The molecule has 1 aromatic heterocycles. The number of carbonyl (C=O) groups excluding carboxylic acids is 1. The largest absolute Gasteiger partial charge is 0.373 e. The van der Waals surface area contributed by atoms with Gasteiger partial charge in [-0.25, -0.2) is 4.98 Å². The van der Waals surface area contributed by atoms with Crippen LogP contribution in [0, 0.1) is 6.92 Å². The Morgan fingerprint density at radius 1 is 1.26 bits per heavy atom. The highest BCUT2D eigenvalue weighted by Crippen LogP contribution is 2.23. The van der Waals surface area contributed by atoms with Crippen LogP contribution in [0.4, 0.5) is 11.5 Å². The highest BCUT2D eigenvalue weighted by atomic mass is 35.5. The first-order chi connectivity index (χ1) is 9.10. The van der Waals surface area contributed by atoms with Crippen molar-refractivity contribution in [1.82, 2.24) is 4.98 Å². The molecule has 1 amide bonds. The number of aryl methyl sites for hydroxylation is 1. The Kier molecular flexibility index (Phi) is 4.02. The number of rotatable bonds is 3. The zero-order valence-electron chi connectivity index (χ0n) is 10.7. The van der Waals surface area contributed by atoms with Crippen LogP contribution in [-0.4, -0.2) is 17.9 Å². The van der Waals surface area contributed by atoms with Crippen molar-refractivity contribution in [1.29, 1.82) is 0 Å². The molecule has 2 N–H and O–H groups in total. The normalized spacial score (nSPS) is 10.1. The zero-order valence-corrected chi connectivity index (χ0v) is 11.5. The van der Waals surface area contributed by atoms with E-state index in [1.54, 1.807) is 37.4 Å². The molecule has 0 spiro atoms. The van der Waals surface area contributed by atoms with Gasteiger partial charge in [-0.05, 0) is 36.8 Å². The molecular weight excluding hydrogens is 262 g/mol. The van der Waals surface area contributed by atoms with Gasteiger partial charge < -0.3 is 10.6 Å². The van der Waals surface area contributed by atoms with Crippen molar-refractivity contribution in [2.75, 3.05) is 17.7 Å². The fraction of sp³-hybridized carbons (Fsp3) is 0.143. The summed E-state index contributed by atoms with van der Waals surface area (Å²) in [6.45, 7) is 1.94. The Morgan fingerprint density at radius 2 is 2.05 bits per heavy atom. The smallest absolute Gasteiger partial charge is 0.274 e. The topological polar surface area (TPSA) is 54.0 Å². The summed E-state index contributed by atoms with van der Waals surface area (Å²) in [5, 5.41) is 6.14. The monoisotopic (exact) mass is 275 g/mol. The molecule has 1 heterocycles. The Bertz CT molecular complexity index is 613. The molecule has 4 nitrogen and oxygen atoms in total. The van der Waals surface area contributed by atoms with E-state index < -0.39 is 0 Å². The zero-order chi connectivity index (χ0) is 13.8. The number of halogens is 1. The van der Waals surface area contributed by atoms with Crippen LogP contribution in [-0.2, 0) is 0 Å². The van der Waals surface area contributed by atoms with Gasteiger partial charge in [-0.2, -0.15) is 0 Å². The van der Waals surface area contributed by atoms with Crippen molar-refractivity contribution in [2.24, 2.45) is 0 Å². The van der Waals surface area contributed by atoms with E-state index in [9.17, 15) is 4.79 Å². The van der Waals surface area contributed by atoms with E-state index in [1.165, 1.54) is 0 Å². The van der Waals surface area contributed by atoms with Gasteiger partial charge in [0.05, 0.1) is 10.7 Å². The van der Waals surface area contributed by atoms with Gasteiger partial charge in [0.25, 0.3) is 5.91 Å². The van der Waals surface area contributed by atoms with Crippen molar-refractivity contribution < 1.29 is 4.79 Å². The minimum absolute atomic E-state index is 0.289. The van der Waals surface area contributed by atoms with E-state index in [0.29, 0.717) is 22.2 Å². The number of nitrogens with zero attached hydrogens (tertiary/aromatic N) is 1. The van der Waals surface area contributed by atoms with Crippen LogP contribution in [0.3, 0.4) is 0 Å². The van der Waals surface area contributed by atoms with Gasteiger partial charge in [-0.15, -0.1) is 0 Å². The third-order valence-corrected chi connectivity index (χ3v) is 2.92. The molecule has 0 aliphatic heterocycles. The summed E-state index contributed by atoms with van der Waals surface area (Å²) in [6, 6.07) is 10.7. The van der Waals surface area contributed by atoms with Gasteiger partial charge >= 0.3 is 0 Å². The summed E-state index contributed by atoms with van der Waals surface area (Å²) >= 11 is 6.07. The molecule has 0 saturated heterocycles. The number of hydrogen-bond acceptors (Lipinski definition) is 3. The van der Waals surface area contributed by atoms with Gasteiger partial charge in [0.2, 0.25) is 0 Å². The van der Waals surface area contributed by atoms with Crippen molar-refractivity contribution in [2.45, 2.75) is 6.92 Å². The number of hydrogen-bond donors (Lipinski definition) is 2. The average molecular weight is 276 g/mol. The molecule has 0 aliphatic carbocycles. The predicted octanol–water partition coefficient (Wildman–Crippen LogP) is 3.34. The van der Waals surface area contributed by atoms with E-state index in [4.69, 9.17) is 11.6 Å². The second kappa shape index (κ2) is 5.71. The standard InChI is InChI=1S/C14H14ClN3O/c1-9-6-7-11(10(15)8-9)18-14(19)12-4-3-5-13(16-2)17-12/h3-8H,1-2H3,(H,16,17)(H,18,19). The van der Waals surface area contributed by atoms with Gasteiger partial charge in [0, 0.05) is 7.05 Å². The lowest BCUT2D eigenvalue weighted by Gasteiger charge is -2.08. The maximum atomic E-state index is 12.1. The molecule has 0 saturated carbocycles. The summed E-state index contributed by atoms with van der Waals surface area (Å²) in [5.74, 6) is 0.352. The molecule has 0 radical (unpaired) electrons. The van der Waals surface area contributed by atoms with Crippen molar-refractivity contribution in [3.8, 4) is 0 Å². The number of pyridine rings is 1. The molecule has 98 valence electrons. The lowest BCUT2D eigenvalue weighted by molar-refractivity contribution is 0.102.